The van der Waals surface area contributed by atoms with Gasteiger partial charge in [-0.2, -0.15) is 13.2 Å². The SMILES string of the molecule is CCNC(=NCc1ccc(S(C)(=O)=O)c(C)c1)NCCCOCC(F)(F)F. The van der Waals surface area contributed by atoms with Crippen molar-refractivity contribution in [3.63, 3.8) is 0 Å². The van der Waals surface area contributed by atoms with Crippen molar-refractivity contribution in [3.8, 4) is 0 Å². The van der Waals surface area contributed by atoms with Crippen LogP contribution < -0.4 is 10.6 Å². The largest absolute Gasteiger partial charge is 0.411 e. The van der Waals surface area contributed by atoms with Crippen molar-refractivity contribution in [1.82, 2.24) is 10.6 Å². The summed E-state index contributed by atoms with van der Waals surface area (Å²) in [6.45, 7) is 3.76. The Morgan fingerprint density at radius 3 is 2.52 bits per heavy atom. The van der Waals surface area contributed by atoms with Crippen molar-refractivity contribution in [2.75, 3.05) is 32.6 Å². The van der Waals surface area contributed by atoms with Gasteiger partial charge >= 0.3 is 6.18 Å². The summed E-state index contributed by atoms with van der Waals surface area (Å²) in [5, 5.41) is 6.06. The molecule has 10 heteroatoms. The number of hydrogen-bond acceptors (Lipinski definition) is 4. The predicted octanol–water partition coefficient (Wildman–Crippen LogP) is 2.42. The Morgan fingerprint density at radius 1 is 1.26 bits per heavy atom. The predicted molar refractivity (Wildman–Crippen MR) is 98.6 cm³/mol. The van der Waals surface area contributed by atoms with E-state index in [1.54, 1.807) is 25.1 Å². The van der Waals surface area contributed by atoms with Crippen LogP contribution in [0.2, 0.25) is 0 Å². The van der Waals surface area contributed by atoms with Gasteiger partial charge in [-0.05, 0) is 37.5 Å². The molecule has 2 N–H and O–H groups in total. The van der Waals surface area contributed by atoms with Crippen LogP contribution in [0.3, 0.4) is 0 Å². The molecule has 1 rings (SSSR count). The number of rotatable bonds is 9. The van der Waals surface area contributed by atoms with Gasteiger partial charge in [0.05, 0.1) is 11.4 Å². The molecule has 0 saturated carbocycles. The van der Waals surface area contributed by atoms with Crippen molar-refractivity contribution in [3.05, 3.63) is 29.3 Å². The van der Waals surface area contributed by atoms with E-state index in [-0.39, 0.29) is 6.61 Å². The first kappa shape index (κ1) is 23.2. The average Bonchev–Trinajstić information content (AvgIpc) is 2.53. The number of guanidine groups is 1. The summed E-state index contributed by atoms with van der Waals surface area (Å²) in [5.41, 5.74) is 1.51. The highest BCUT2D eigenvalue weighted by atomic mass is 32.2. The molecule has 0 atom stereocenters. The van der Waals surface area contributed by atoms with E-state index in [1.807, 2.05) is 6.92 Å². The number of halogens is 3. The maximum Gasteiger partial charge on any atom is 0.411 e. The molecule has 0 aliphatic heterocycles. The Bertz CT molecular complexity index is 735. The van der Waals surface area contributed by atoms with E-state index in [0.717, 1.165) is 5.56 Å². The van der Waals surface area contributed by atoms with Gasteiger partial charge in [-0.25, -0.2) is 13.4 Å². The Labute approximate surface area is 158 Å². The number of alkyl halides is 3. The zero-order chi connectivity index (χ0) is 20.5. The first-order chi connectivity index (χ1) is 12.5. The van der Waals surface area contributed by atoms with Crippen LogP contribution in [0.1, 0.15) is 24.5 Å². The number of hydrogen-bond donors (Lipinski definition) is 2. The van der Waals surface area contributed by atoms with Crippen LogP contribution in [-0.4, -0.2) is 53.1 Å². The highest BCUT2D eigenvalue weighted by Crippen LogP contribution is 2.17. The summed E-state index contributed by atoms with van der Waals surface area (Å²) in [5.74, 6) is 0.526. The van der Waals surface area contributed by atoms with E-state index in [4.69, 9.17) is 0 Å². The van der Waals surface area contributed by atoms with E-state index in [9.17, 15) is 21.6 Å². The Hall–Kier alpha value is -1.81. The molecule has 27 heavy (non-hydrogen) atoms. The molecule has 0 heterocycles. The van der Waals surface area contributed by atoms with Gasteiger partial charge < -0.3 is 15.4 Å². The van der Waals surface area contributed by atoms with E-state index < -0.39 is 22.6 Å². The third kappa shape index (κ3) is 9.62. The van der Waals surface area contributed by atoms with Gasteiger partial charge in [0, 0.05) is 26.0 Å². The molecular weight excluding hydrogens is 383 g/mol. The highest BCUT2D eigenvalue weighted by molar-refractivity contribution is 7.90. The zero-order valence-electron chi connectivity index (χ0n) is 15.7. The van der Waals surface area contributed by atoms with Gasteiger partial charge in [-0.3, -0.25) is 0 Å². The lowest BCUT2D eigenvalue weighted by atomic mass is 10.1. The number of sulfone groups is 1. The van der Waals surface area contributed by atoms with Gasteiger partial charge in [-0.1, -0.05) is 12.1 Å². The van der Waals surface area contributed by atoms with Crippen LogP contribution in [0.15, 0.2) is 28.1 Å². The first-order valence-corrected chi connectivity index (χ1v) is 10.4. The van der Waals surface area contributed by atoms with E-state index >= 15 is 0 Å². The summed E-state index contributed by atoms with van der Waals surface area (Å²) in [7, 11) is -3.26. The zero-order valence-corrected chi connectivity index (χ0v) is 16.5. The normalized spacial score (nSPS) is 12.9. The topological polar surface area (TPSA) is 79.8 Å². The van der Waals surface area contributed by atoms with Crippen LogP contribution in [-0.2, 0) is 21.1 Å². The highest BCUT2D eigenvalue weighted by Gasteiger charge is 2.27. The molecule has 0 amide bonds. The van der Waals surface area contributed by atoms with Gasteiger partial charge in [0.25, 0.3) is 0 Å². The third-order valence-electron chi connectivity index (χ3n) is 3.43. The smallest absolute Gasteiger partial charge is 0.372 e. The van der Waals surface area contributed by atoms with Crippen molar-refractivity contribution >= 4 is 15.8 Å². The van der Waals surface area contributed by atoms with Gasteiger partial charge in [-0.15, -0.1) is 0 Å². The Balaban J connectivity index is 2.55. The summed E-state index contributed by atoms with van der Waals surface area (Å²) < 4.78 is 63.7. The molecule has 0 spiro atoms. The maximum absolute atomic E-state index is 12.0. The monoisotopic (exact) mass is 409 g/mol. The molecule has 0 aliphatic rings. The molecule has 0 unspecified atom stereocenters. The number of nitrogens with one attached hydrogen (secondary N) is 2. The Morgan fingerprint density at radius 2 is 1.96 bits per heavy atom. The molecule has 0 fully saturated rings. The summed E-state index contributed by atoms with van der Waals surface area (Å²) in [6.07, 6.45) is -2.74. The van der Waals surface area contributed by atoms with Gasteiger partial charge in [0.1, 0.15) is 6.61 Å². The third-order valence-corrected chi connectivity index (χ3v) is 4.68. The van der Waals surface area contributed by atoms with Crippen LogP contribution >= 0.6 is 0 Å². The van der Waals surface area contributed by atoms with E-state index in [2.05, 4.69) is 20.4 Å². The quantitative estimate of drug-likeness (QED) is 0.372. The average molecular weight is 409 g/mol. The summed E-state index contributed by atoms with van der Waals surface area (Å²) in [6, 6.07) is 5.05. The minimum Gasteiger partial charge on any atom is -0.372 e. The molecule has 0 saturated heterocycles. The second-order valence-corrected chi connectivity index (χ2v) is 8.00. The minimum atomic E-state index is -4.31. The molecule has 6 nitrogen and oxygen atoms in total. The van der Waals surface area contributed by atoms with E-state index in [0.29, 0.717) is 42.5 Å². The fourth-order valence-corrected chi connectivity index (χ4v) is 3.27. The molecule has 0 radical (unpaired) electrons. The lowest BCUT2D eigenvalue weighted by Gasteiger charge is -2.12. The molecule has 1 aromatic carbocycles. The van der Waals surface area contributed by atoms with Crippen LogP contribution in [0.5, 0.6) is 0 Å². The number of benzene rings is 1. The lowest BCUT2D eigenvalue weighted by molar-refractivity contribution is -0.173. The molecule has 1 aromatic rings. The molecule has 0 aliphatic carbocycles. The van der Waals surface area contributed by atoms with Crippen LogP contribution in [0.4, 0.5) is 13.2 Å². The fraction of sp³-hybridized carbons (Fsp3) is 0.588. The Kier molecular flexibility index (Phi) is 9.04. The van der Waals surface area contributed by atoms with Crippen molar-refractivity contribution in [2.24, 2.45) is 4.99 Å². The molecule has 154 valence electrons. The van der Waals surface area contributed by atoms with Gasteiger partial charge in [0.2, 0.25) is 0 Å². The maximum atomic E-state index is 12.0. The number of nitrogens with zero attached hydrogens (tertiary/aromatic N) is 1. The van der Waals surface area contributed by atoms with Crippen LogP contribution in [0, 0.1) is 6.92 Å². The second-order valence-electron chi connectivity index (χ2n) is 6.02. The molecule has 0 bridgehead atoms. The van der Waals surface area contributed by atoms with Crippen molar-refractivity contribution in [2.45, 2.75) is 37.9 Å². The van der Waals surface area contributed by atoms with Gasteiger partial charge in [0.15, 0.2) is 15.8 Å². The molecule has 0 aromatic heterocycles. The second kappa shape index (κ2) is 10.5. The summed E-state index contributed by atoms with van der Waals surface area (Å²) >= 11 is 0. The van der Waals surface area contributed by atoms with E-state index in [1.165, 1.54) is 6.26 Å². The van der Waals surface area contributed by atoms with Crippen molar-refractivity contribution < 1.29 is 26.3 Å². The number of aryl methyl sites for hydroxylation is 1. The number of ether oxygens (including phenoxy) is 1. The number of aliphatic imine (C=N–C) groups is 1. The fourth-order valence-electron chi connectivity index (χ4n) is 2.31. The lowest BCUT2D eigenvalue weighted by Crippen LogP contribution is -2.38. The molecular formula is C17H26F3N3O3S. The van der Waals surface area contributed by atoms with Crippen molar-refractivity contribution in [1.29, 1.82) is 0 Å². The van der Waals surface area contributed by atoms with Crippen LogP contribution in [0.25, 0.3) is 0 Å². The first-order valence-electron chi connectivity index (χ1n) is 8.49. The summed E-state index contributed by atoms with van der Waals surface area (Å²) in [4.78, 5) is 4.69. The minimum absolute atomic E-state index is 0.00192. The standard InChI is InChI=1S/C17H26F3N3O3S/c1-4-21-16(22-8-5-9-26-12-17(18,19)20)23-11-14-6-7-15(13(2)10-14)27(3,24)25/h6-7,10H,4-5,8-9,11-12H2,1-3H3,(H2,21,22,23).